The highest BCUT2D eigenvalue weighted by Gasteiger charge is 2.21. The minimum absolute atomic E-state index is 0. The third kappa shape index (κ3) is 7.08. The van der Waals surface area contributed by atoms with E-state index in [4.69, 9.17) is 4.74 Å². The van der Waals surface area contributed by atoms with Gasteiger partial charge in [-0.25, -0.2) is 0 Å². The van der Waals surface area contributed by atoms with E-state index < -0.39 is 0 Å². The molecule has 1 aliphatic carbocycles. The Kier molecular flexibility index (Phi) is 9.05. The molecule has 2 atom stereocenters. The van der Waals surface area contributed by atoms with Gasteiger partial charge in [-0.2, -0.15) is 0 Å². The Labute approximate surface area is 180 Å². The number of guanidine groups is 1. The van der Waals surface area contributed by atoms with Gasteiger partial charge in [-0.15, -0.1) is 24.0 Å². The molecule has 0 amide bonds. The van der Waals surface area contributed by atoms with Crippen molar-refractivity contribution < 1.29 is 4.74 Å². The molecule has 0 spiro atoms. The fourth-order valence-corrected chi connectivity index (χ4v) is 3.74. The van der Waals surface area contributed by atoms with Gasteiger partial charge in [0.2, 0.25) is 0 Å². The van der Waals surface area contributed by atoms with Crippen molar-refractivity contribution in [1.29, 1.82) is 0 Å². The number of nitrogens with one attached hydrogen (secondary N) is 2. The van der Waals surface area contributed by atoms with Crippen LogP contribution in [0.15, 0.2) is 41.4 Å². The van der Waals surface area contributed by atoms with Crippen LogP contribution in [0, 0.1) is 0 Å². The molecule has 5 nitrogen and oxygen atoms in total. The highest BCUT2D eigenvalue weighted by Crippen LogP contribution is 2.15. The summed E-state index contributed by atoms with van der Waals surface area (Å²) < 4.78 is 5.81. The molecular weight excluding hydrogens is 451 g/mol. The van der Waals surface area contributed by atoms with Crippen molar-refractivity contribution in [1.82, 2.24) is 15.5 Å². The van der Waals surface area contributed by atoms with Crippen LogP contribution in [-0.2, 0) is 17.8 Å². The van der Waals surface area contributed by atoms with Crippen molar-refractivity contribution in [3.05, 3.63) is 47.5 Å². The summed E-state index contributed by atoms with van der Waals surface area (Å²) in [5.74, 6) is 0.874. The van der Waals surface area contributed by atoms with E-state index in [0.29, 0.717) is 18.2 Å². The molecular formula is C21H33IN4O. The van der Waals surface area contributed by atoms with Gasteiger partial charge in [0.05, 0.1) is 12.2 Å². The molecule has 0 saturated carbocycles. The Balaban J connectivity index is 0.00000261. The second-order valence-electron chi connectivity index (χ2n) is 7.48. The molecule has 6 heteroatoms. The molecule has 1 aliphatic heterocycles. The number of nitrogens with zero attached hydrogens (tertiary/aromatic N) is 2. The molecule has 1 saturated heterocycles. The van der Waals surface area contributed by atoms with Crippen LogP contribution in [0.4, 0.5) is 0 Å². The van der Waals surface area contributed by atoms with E-state index >= 15 is 0 Å². The molecule has 2 N–H and O–H groups in total. The number of halogens is 1. The zero-order valence-corrected chi connectivity index (χ0v) is 19.0. The summed E-state index contributed by atoms with van der Waals surface area (Å²) in [6, 6.07) is 9.36. The summed E-state index contributed by atoms with van der Waals surface area (Å²) >= 11 is 0. The molecule has 0 aromatic heterocycles. The highest BCUT2D eigenvalue weighted by molar-refractivity contribution is 14.0. The summed E-state index contributed by atoms with van der Waals surface area (Å²) in [6.07, 6.45) is 7.23. The number of hydrogen-bond donors (Lipinski definition) is 2. The standard InChI is InChI=1S/C21H32N4O.HI/c1-16-13-25(14-17(2)26-16)15-19-10-8-18(9-11-19)12-23-21(22-3)24-20-6-4-5-7-20;/h4-5,8-11,16-17,20H,6-7,12-15H2,1-3H3,(H2,22,23,24);1H. The third-order valence-corrected chi connectivity index (χ3v) is 4.96. The van der Waals surface area contributed by atoms with E-state index in [1.54, 1.807) is 0 Å². The van der Waals surface area contributed by atoms with Crippen LogP contribution in [0.5, 0.6) is 0 Å². The summed E-state index contributed by atoms with van der Waals surface area (Å²) in [6.45, 7) is 8.09. The fraction of sp³-hybridized carbons (Fsp3) is 0.571. The number of benzene rings is 1. The summed E-state index contributed by atoms with van der Waals surface area (Å²) in [7, 11) is 1.82. The maximum Gasteiger partial charge on any atom is 0.191 e. The monoisotopic (exact) mass is 484 g/mol. The number of ether oxygens (including phenoxy) is 1. The Hall–Kier alpha value is -1.12. The second-order valence-corrected chi connectivity index (χ2v) is 7.48. The fourth-order valence-electron chi connectivity index (χ4n) is 3.74. The predicted octanol–water partition coefficient (Wildman–Crippen LogP) is 3.30. The van der Waals surface area contributed by atoms with Crippen LogP contribution < -0.4 is 10.6 Å². The Morgan fingerprint density at radius 2 is 1.67 bits per heavy atom. The number of hydrogen-bond acceptors (Lipinski definition) is 3. The first-order chi connectivity index (χ1) is 12.6. The van der Waals surface area contributed by atoms with Crippen LogP contribution in [-0.4, -0.2) is 49.2 Å². The molecule has 150 valence electrons. The summed E-state index contributed by atoms with van der Waals surface area (Å²) in [5.41, 5.74) is 2.62. The molecule has 0 radical (unpaired) electrons. The number of aliphatic imine (C=N–C) groups is 1. The van der Waals surface area contributed by atoms with Crippen molar-refractivity contribution in [2.45, 2.75) is 58.0 Å². The molecule has 0 bridgehead atoms. The summed E-state index contributed by atoms with van der Waals surface area (Å²) in [5, 5.41) is 6.88. The van der Waals surface area contributed by atoms with Crippen molar-refractivity contribution in [2.75, 3.05) is 20.1 Å². The largest absolute Gasteiger partial charge is 0.373 e. The first-order valence-electron chi connectivity index (χ1n) is 9.70. The quantitative estimate of drug-likeness (QED) is 0.292. The van der Waals surface area contributed by atoms with Gasteiger partial charge in [0.25, 0.3) is 0 Å². The SMILES string of the molecule is CN=C(NCc1ccc(CN2CC(C)OC(C)C2)cc1)NC1CC=CC1.I. The number of rotatable bonds is 5. The molecule has 1 heterocycles. The van der Waals surface area contributed by atoms with E-state index in [-0.39, 0.29) is 24.0 Å². The van der Waals surface area contributed by atoms with E-state index in [1.807, 2.05) is 7.05 Å². The topological polar surface area (TPSA) is 48.9 Å². The van der Waals surface area contributed by atoms with E-state index in [0.717, 1.165) is 45.0 Å². The van der Waals surface area contributed by atoms with Gasteiger partial charge in [0, 0.05) is 39.3 Å². The Bertz CT molecular complexity index is 614. The van der Waals surface area contributed by atoms with Gasteiger partial charge < -0.3 is 15.4 Å². The first-order valence-corrected chi connectivity index (χ1v) is 9.70. The zero-order chi connectivity index (χ0) is 18.4. The molecule has 2 unspecified atom stereocenters. The average Bonchev–Trinajstić information content (AvgIpc) is 3.12. The van der Waals surface area contributed by atoms with Gasteiger partial charge in [0.15, 0.2) is 5.96 Å². The lowest BCUT2D eigenvalue weighted by Crippen LogP contribution is -2.44. The lowest BCUT2D eigenvalue weighted by Gasteiger charge is -2.35. The maximum atomic E-state index is 5.81. The molecule has 3 rings (SSSR count). The van der Waals surface area contributed by atoms with Crippen LogP contribution in [0.3, 0.4) is 0 Å². The van der Waals surface area contributed by atoms with Crippen LogP contribution >= 0.6 is 24.0 Å². The van der Waals surface area contributed by atoms with Gasteiger partial charge >= 0.3 is 0 Å². The Morgan fingerprint density at radius 1 is 1.07 bits per heavy atom. The highest BCUT2D eigenvalue weighted by atomic mass is 127. The van der Waals surface area contributed by atoms with Crippen LogP contribution in [0.1, 0.15) is 37.8 Å². The first kappa shape index (κ1) is 22.2. The molecule has 27 heavy (non-hydrogen) atoms. The van der Waals surface area contributed by atoms with Crippen molar-refractivity contribution >= 4 is 29.9 Å². The van der Waals surface area contributed by atoms with E-state index in [1.165, 1.54) is 11.1 Å². The van der Waals surface area contributed by atoms with Crippen LogP contribution in [0.25, 0.3) is 0 Å². The number of morpholine rings is 1. The smallest absolute Gasteiger partial charge is 0.191 e. The van der Waals surface area contributed by atoms with E-state index in [2.05, 4.69) is 70.8 Å². The van der Waals surface area contributed by atoms with Gasteiger partial charge in [-0.05, 0) is 37.8 Å². The average molecular weight is 484 g/mol. The molecule has 1 aromatic carbocycles. The normalized spacial score (nSPS) is 23.9. The third-order valence-electron chi connectivity index (χ3n) is 4.96. The van der Waals surface area contributed by atoms with E-state index in [9.17, 15) is 0 Å². The Morgan fingerprint density at radius 3 is 2.26 bits per heavy atom. The predicted molar refractivity (Wildman–Crippen MR) is 123 cm³/mol. The van der Waals surface area contributed by atoms with Crippen LogP contribution in [0.2, 0.25) is 0 Å². The minimum Gasteiger partial charge on any atom is -0.373 e. The van der Waals surface area contributed by atoms with Crippen molar-refractivity contribution in [3.63, 3.8) is 0 Å². The van der Waals surface area contributed by atoms with Gasteiger partial charge in [0.1, 0.15) is 0 Å². The van der Waals surface area contributed by atoms with Crippen molar-refractivity contribution in [3.8, 4) is 0 Å². The maximum absolute atomic E-state index is 5.81. The van der Waals surface area contributed by atoms with Crippen molar-refractivity contribution in [2.24, 2.45) is 4.99 Å². The minimum atomic E-state index is 0. The lowest BCUT2D eigenvalue weighted by molar-refractivity contribution is -0.0704. The molecule has 2 aliphatic rings. The van der Waals surface area contributed by atoms with Gasteiger partial charge in [-0.3, -0.25) is 9.89 Å². The molecule has 1 fully saturated rings. The zero-order valence-electron chi connectivity index (χ0n) is 16.6. The second kappa shape index (κ2) is 11.0. The van der Waals surface area contributed by atoms with Gasteiger partial charge in [-0.1, -0.05) is 36.4 Å². The lowest BCUT2D eigenvalue weighted by atomic mass is 10.1. The molecule has 1 aromatic rings. The summed E-state index contributed by atoms with van der Waals surface area (Å²) in [4.78, 5) is 6.80.